The Morgan fingerprint density at radius 2 is 1.87 bits per heavy atom. The molecule has 118 valence electrons. The molecule has 0 aliphatic carbocycles. The molecule has 0 N–H and O–H groups in total. The van der Waals surface area contributed by atoms with Crippen LogP contribution < -0.4 is 14.8 Å². The quantitative estimate of drug-likeness (QED) is 0.593. The van der Waals surface area contributed by atoms with Gasteiger partial charge in [0.25, 0.3) is 0 Å². The summed E-state index contributed by atoms with van der Waals surface area (Å²) in [5, 5.41) is 1.34. The van der Waals surface area contributed by atoms with E-state index in [0.29, 0.717) is 22.1 Å². The van der Waals surface area contributed by atoms with E-state index in [0.717, 1.165) is 5.30 Å². The van der Waals surface area contributed by atoms with Crippen LogP contribution >= 0.6 is 20.2 Å². The Balaban J connectivity index is 0.00000264. The first-order chi connectivity index (χ1) is 10.5. The molecular weight excluding hydrogens is 326 g/mol. The van der Waals surface area contributed by atoms with E-state index in [1.54, 1.807) is 25.3 Å². The molecule has 0 saturated carbocycles. The number of para-hydroxylation sites is 1. The summed E-state index contributed by atoms with van der Waals surface area (Å²) in [7, 11) is 1.50. The van der Waals surface area contributed by atoms with Crippen molar-refractivity contribution in [2.45, 2.75) is 20.0 Å². The van der Waals surface area contributed by atoms with Crippen LogP contribution in [0.3, 0.4) is 0 Å². The van der Waals surface area contributed by atoms with Gasteiger partial charge in [0.05, 0.1) is 23.8 Å². The van der Waals surface area contributed by atoms with Crippen LogP contribution in [-0.4, -0.2) is 37.6 Å². The first-order valence-electron chi connectivity index (χ1n) is 6.92. The van der Waals surface area contributed by atoms with E-state index in [9.17, 15) is 4.79 Å². The van der Waals surface area contributed by atoms with Crippen molar-refractivity contribution >= 4 is 49.9 Å². The summed E-state index contributed by atoms with van der Waals surface area (Å²) in [6, 6.07) is 12.6. The third-order valence-corrected chi connectivity index (χ3v) is 4.59. The SMILES string of the molecule is COc1ccccc1C(=O)Pc1ccc(OC(C)C)cc1Cl.[LiH]. The normalized spacial score (nSPS) is 10.7. The van der Waals surface area contributed by atoms with Crippen molar-refractivity contribution < 1.29 is 14.3 Å². The van der Waals surface area contributed by atoms with Crippen molar-refractivity contribution in [2.24, 2.45) is 0 Å². The average Bonchev–Trinajstić information content (AvgIpc) is 2.49. The predicted octanol–water partition coefficient (Wildman–Crippen LogP) is 3.63. The van der Waals surface area contributed by atoms with Crippen molar-refractivity contribution in [3.8, 4) is 11.5 Å². The molecule has 0 fully saturated rings. The summed E-state index contributed by atoms with van der Waals surface area (Å²) in [6.45, 7) is 3.91. The molecule has 23 heavy (non-hydrogen) atoms. The average molecular weight is 345 g/mol. The molecule has 1 unspecified atom stereocenters. The maximum atomic E-state index is 12.5. The second kappa shape index (κ2) is 9.35. The number of hydrogen-bond donors (Lipinski definition) is 0. The van der Waals surface area contributed by atoms with E-state index in [2.05, 4.69) is 0 Å². The zero-order valence-electron chi connectivity index (χ0n) is 12.7. The van der Waals surface area contributed by atoms with Crippen LogP contribution in [0.4, 0.5) is 0 Å². The van der Waals surface area contributed by atoms with E-state index in [-0.39, 0.29) is 39.1 Å². The van der Waals surface area contributed by atoms with Gasteiger partial charge in [0, 0.05) is 0 Å². The van der Waals surface area contributed by atoms with Crippen molar-refractivity contribution in [3.05, 3.63) is 53.1 Å². The van der Waals surface area contributed by atoms with Crippen LogP contribution in [0.5, 0.6) is 11.5 Å². The summed E-state index contributed by atoms with van der Waals surface area (Å²) in [6.07, 6.45) is 0.0829. The monoisotopic (exact) mass is 344 g/mol. The van der Waals surface area contributed by atoms with E-state index in [1.165, 1.54) is 0 Å². The van der Waals surface area contributed by atoms with Gasteiger partial charge in [-0.15, -0.1) is 0 Å². The molecule has 2 rings (SSSR count). The molecule has 0 amide bonds. The summed E-state index contributed by atoms with van der Waals surface area (Å²) >= 11 is 6.26. The number of hydrogen-bond acceptors (Lipinski definition) is 3. The van der Waals surface area contributed by atoms with Gasteiger partial charge in [-0.3, -0.25) is 4.79 Å². The molecule has 1 atom stereocenters. The summed E-state index contributed by atoms with van der Waals surface area (Å²) in [5.74, 6) is 1.29. The first-order valence-corrected chi connectivity index (χ1v) is 8.29. The van der Waals surface area contributed by atoms with Crippen molar-refractivity contribution in [3.63, 3.8) is 0 Å². The molecule has 0 aromatic heterocycles. The van der Waals surface area contributed by atoms with Crippen molar-refractivity contribution in [2.75, 3.05) is 7.11 Å². The number of benzene rings is 2. The van der Waals surface area contributed by atoms with Gasteiger partial charge in [0.1, 0.15) is 11.5 Å². The van der Waals surface area contributed by atoms with E-state index >= 15 is 0 Å². The fourth-order valence-corrected chi connectivity index (χ4v) is 3.22. The topological polar surface area (TPSA) is 35.5 Å². The molecule has 0 saturated heterocycles. The molecule has 2 aromatic rings. The van der Waals surface area contributed by atoms with Crippen LogP contribution in [0.1, 0.15) is 24.2 Å². The zero-order valence-corrected chi connectivity index (χ0v) is 14.5. The first kappa shape index (κ1) is 20.1. The van der Waals surface area contributed by atoms with Gasteiger partial charge in [0.15, 0.2) is 5.52 Å². The number of rotatable bonds is 6. The standard InChI is InChI=1S/C17H18ClO3P.Li.H/c1-11(2)21-12-8-9-16(14(18)10-12)22-17(19)13-6-4-5-7-15(13)20-3;;/h4-11,22H,1-3H3;;. The molecule has 0 aliphatic heterocycles. The van der Waals surface area contributed by atoms with E-state index in [1.807, 2.05) is 38.1 Å². The Kier molecular flexibility index (Phi) is 8.16. The number of halogens is 1. The number of ether oxygens (including phenoxy) is 2. The number of carbonyl (C=O) groups is 1. The molecule has 2 aromatic carbocycles. The van der Waals surface area contributed by atoms with Gasteiger partial charge >= 0.3 is 18.9 Å². The van der Waals surface area contributed by atoms with Gasteiger partial charge in [-0.1, -0.05) is 23.7 Å². The van der Waals surface area contributed by atoms with Crippen LogP contribution in [0.2, 0.25) is 5.02 Å². The minimum atomic E-state index is -0.0602. The van der Waals surface area contributed by atoms with Crippen LogP contribution in [-0.2, 0) is 0 Å². The summed E-state index contributed by atoms with van der Waals surface area (Å²) in [5.41, 5.74) is 0.568. The van der Waals surface area contributed by atoms with Gasteiger partial charge < -0.3 is 9.47 Å². The Bertz CT molecular complexity index is 677. The molecular formula is C17H19ClLiO3P. The Hall–Kier alpha value is -0.973. The van der Waals surface area contributed by atoms with Crippen LogP contribution in [0.15, 0.2) is 42.5 Å². The summed E-state index contributed by atoms with van der Waals surface area (Å²) < 4.78 is 10.8. The minimum absolute atomic E-state index is 0. The van der Waals surface area contributed by atoms with E-state index < -0.39 is 0 Å². The Labute approximate surface area is 155 Å². The fourth-order valence-electron chi connectivity index (χ4n) is 1.96. The van der Waals surface area contributed by atoms with Gasteiger partial charge in [-0.2, -0.15) is 0 Å². The zero-order chi connectivity index (χ0) is 16.1. The molecule has 3 nitrogen and oxygen atoms in total. The molecule has 0 bridgehead atoms. The third kappa shape index (κ3) is 5.55. The van der Waals surface area contributed by atoms with Crippen molar-refractivity contribution in [1.29, 1.82) is 0 Å². The maximum absolute atomic E-state index is 12.5. The molecule has 0 spiro atoms. The fraction of sp³-hybridized carbons (Fsp3) is 0.235. The van der Waals surface area contributed by atoms with Gasteiger partial charge in [0.2, 0.25) is 0 Å². The molecule has 0 radical (unpaired) electrons. The van der Waals surface area contributed by atoms with Crippen LogP contribution in [0.25, 0.3) is 0 Å². The number of carbonyl (C=O) groups excluding carboxylic acids is 1. The number of methoxy groups -OCH3 is 1. The van der Waals surface area contributed by atoms with Gasteiger partial charge in [-0.05, 0) is 58.1 Å². The Morgan fingerprint density at radius 3 is 2.48 bits per heavy atom. The second-order valence-electron chi connectivity index (χ2n) is 4.96. The molecule has 0 heterocycles. The van der Waals surface area contributed by atoms with E-state index in [4.69, 9.17) is 21.1 Å². The van der Waals surface area contributed by atoms with Crippen LogP contribution in [0, 0.1) is 0 Å². The summed E-state index contributed by atoms with van der Waals surface area (Å²) in [4.78, 5) is 12.5. The molecule has 0 aliphatic rings. The third-order valence-electron chi connectivity index (χ3n) is 2.91. The second-order valence-corrected chi connectivity index (χ2v) is 6.61. The Morgan fingerprint density at radius 1 is 1.17 bits per heavy atom. The molecule has 6 heteroatoms. The van der Waals surface area contributed by atoms with Crippen molar-refractivity contribution in [1.82, 2.24) is 0 Å². The van der Waals surface area contributed by atoms with Gasteiger partial charge in [-0.25, -0.2) is 0 Å². The predicted molar refractivity (Wildman–Crippen MR) is 99.6 cm³/mol.